The number of halogens is 2. The first-order chi connectivity index (χ1) is 15.5. The molecule has 32 heavy (non-hydrogen) atoms. The van der Waals surface area contributed by atoms with Crippen LogP contribution in [0.5, 0.6) is 5.75 Å². The van der Waals surface area contributed by atoms with Gasteiger partial charge in [0.05, 0.1) is 25.8 Å². The number of hydrogen-bond donors (Lipinski definition) is 2. The number of hydrazine groups is 1. The molecule has 2 heterocycles. The molecule has 4 rings (SSSR count). The summed E-state index contributed by atoms with van der Waals surface area (Å²) in [6, 6.07) is 16.1. The highest BCUT2D eigenvalue weighted by Crippen LogP contribution is 2.30. The van der Waals surface area contributed by atoms with Gasteiger partial charge in [0, 0.05) is 11.6 Å². The molecule has 164 valence electrons. The third kappa shape index (κ3) is 4.72. The Hall–Kier alpha value is -3.07. The number of nitrogens with one attached hydrogen (secondary N) is 2. The fourth-order valence-corrected chi connectivity index (χ4v) is 4.49. The van der Waals surface area contributed by atoms with Gasteiger partial charge in [-0.3, -0.25) is 20.4 Å². The predicted octanol–water partition coefficient (Wildman–Crippen LogP) is 4.93. The predicted molar refractivity (Wildman–Crippen MR) is 126 cm³/mol. The van der Waals surface area contributed by atoms with Gasteiger partial charge in [-0.1, -0.05) is 35.3 Å². The average molecular weight is 489 g/mol. The van der Waals surface area contributed by atoms with Crippen LogP contribution in [0.15, 0.2) is 54.6 Å². The van der Waals surface area contributed by atoms with Crippen molar-refractivity contribution in [3.05, 3.63) is 69.5 Å². The van der Waals surface area contributed by atoms with Crippen LogP contribution in [0.3, 0.4) is 0 Å². The largest absolute Gasteiger partial charge is 0.482 e. The van der Waals surface area contributed by atoms with Crippen LogP contribution >= 0.6 is 34.5 Å². The highest BCUT2D eigenvalue weighted by molar-refractivity contribution is 7.17. The van der Waals surface area contributed by atoms with Crippen LogP contribution in [0.4, 0.5) is 0 Å². The van der Waals surface area contributed by atoms with Crippen molar-refractivity contribution < 1.29 is 14.3 Å². The van der Waals surface area contributed by atoms with Crippen molar-refractivity contribution in [2.24, 2.45) is 0 Å². The quantitative estimate of drug-likeness (QED) is 0.376. The summed E-state index contributed by atoms with van der Waals surface area (Å²) in [5, 5.41) is 0.752. The van der Waals surface area contributed by atoms with Crippen molar-refractivity contribution in [1.29, 1.82) is 0 Å². The van der Waals surface area contributed by atoms with E-state index in [0.717, 1.165) is 28.3 Å². The van der Waals surface area contributed by atoms with E-state index in [-0.39, 0.29) is 6.61 Å². The maximum atomic E-state index is 12.5. The molecule has 10 heteroatoms. The first-order valence-corrected chi connectivity index (χ1v) is 11.3. The maximum Gasteiger partial charge on any atom is 0.279 e. The molecule has 0 aliphatic rings. The SMILES string of the molecule is CCn1c(-c2ccc(C(=O)NNC(=O)COc3ccc(Cl)cc3Cl)s2)nc2ccccc21. The maximum absolute atomic E-state index is 12.5. The lowest BCUT2D eigenvalue weighted by Crippen LogP contribution is -2.43. The lowest BCUT2D eigenvalue weighted by Gasteiger charge is -2.09. The fraction of sp³-hybridized carbons (Fsp3) is 0.136. The minimum absolute atomic E-state index is 0.290. The second-order valence-electron chi connectivity index (χ2n) is 6.70. The summed E-state index contributed by atoms with van der Waals surface area (Å²) < 4.78 is 7.45. The molecule has 0 saturated carbocycles. The smallest absolute Gasteiger partial charge is 0.279 e. The molecular weight excluding hydrogens is 471 g/mol. The van der Waals surface area contributed by atoms with E-state index in [1.807, 2.05) is 37.3 Å². The zero-order chi connectivity index (χ0) is 22.7. The molecule has 0 saturated heterocycles. The van der Waals surface area contributed by atoms with E-state index in [0.29, 0.717) is 20.7 Å². The average Bonchev–Trinajstić information content (AvgIpc) is 3.41. The summed E-state index contributed by atoms with van der Waals surface area (Å²) >= 11 is 13.1. The van der Waals surface area contributed by atoms with Crippen molar-refractivity contribution >= 4 is 57.4 Å². The number of fused-ring (bicyclic) bond motifs is 1. The number of carbonyl (C=O) groups excluding carboxylic acids is 2. The Labute approximate surface area is 197 Å². The van der Waals surface area contributed by atoms with Gasteiger partial charge in [-0.15, -0.1) is 11.3 Å². The first kappa shape index (κ1) is 22.1. The molecule has 0 aliphatic carbocycles. The van der Waals surface area contributed by atoms with Crippen molar-refractivity contribution in [2.75, 3.05) is 6.61 Å². The van der Waals surface area contributed by atoms with Gasteiger partial charge in [0.15, 0.2) is 12.4 Å². The summed E-state index contributed by atoms with van der Waals surface area (Å²) in [6.45, 7) is 2.48. The molecule has 2 amide bonds. The highest BCUT2D eigenvalue weighted by Gasteiger charge is 2.16. The van der Waals surface area contributed by atoms with E-state index >= 15 is 0 Å². The molecule has 0 atom stereocenters. The number of para-hydroxylation sites is 2. The van der Waals surface area contributed by atoms with E-state index < -0.39 is 11.8 Å². The van der Waals surface area contributed by atoms with Crippen molar-refractivity contribution in [2.45, 2.75) is 13.5 Å². The van der Waals surface area contributed by atoms with Gasteiger partial charge in [-0.2, -0.15) is 0 Å². The molecule has 2 N–H and O–H groups in total. The van der Waals surface area contributed by atoms with Gasteiger partial charge in [0.25, 0.3) is 11.8 Å². The molecule has 0 radical (unpaired) electrons. The molecule has 4 aromatic rings. The van der Waals surface area contributed by atoms with Gasteiger partial charge in [0.2, 0.25) is 0 Å². The first-order valence-electron chi connectivity index (χ1n) is 9.68. The number of thiophene rings is 1. The van der Waals surface area contributed by atoms with Crippen molar-refractivity contribution in [1.82, 2.24) is 20.4 Å². The Kier molecular flexibility index (Phi) is 6.64. The van der Waals surface area contributed by atoms with Crippen LogP contribution < -0.4 is 15.6 Å². The van der Waals surface area contributed by atoms with Crippen LogP contribution in [-0.2, 0) is 11.3 Å². The summed E-state index contributed by atoms with van der Waals surface area (Å²) in [5.41, 5.74) is 6.66. The molecule has 0 spiro atoms. The second kappa shape index (κ2) is 9.60. The van der Waals surface area contributed by atoms with Gasteiger partial charge in [-0.05, 0) is 49.4 Å². The standard InChI is InChI=1S/C22H18Cl2N4O3S/c1-2-28-16-6-4-3-5-15(16)25-21(28)18-9-10-19(32-18)22(30)27-26-20(29)12-31-17-8-7-13(23)11-14(17)24/h3-11H,2,12H2,1H3,(H,26,29)(H,27,30). The number of imidazole rings is 1. The Morgan fingerprint density at radius 2 is 1.91 bits per heavy atom. The van der Waals surface area contributed by atoms with Crippen LogP contribution in [0.2, 0.25) is 10.0 Å². The van der Waals surface area contributed by atoms with E-state index in [9.17, 15) is 9.59 Å². The number of aromatic nitrogens is 2. The number of aryl methyl sites for hydroxylation is 1. The molecule has 0 unspecified atom stereocenters. The van der Waals surface area contributed by atoms with Crippen molar-refractivity contribution in [3.63, 3.8) is 0 Å². The Morgan fingerprint density at radius 3 is 2.69 bits per heavy atom. The van der Waals surface area contributed by atoms with Gasteiger partial charge >= 0.3 is 0 Å². The third-order valence-corrected chi connectivity index (χ3v) is 6.20. The number of carbonyl (C=O) groups is 2. The van der Waals surface area contributed by atoms with Crippen molar-refractivity contribution in [3.8, 4) is 16.5 Å². The fourth-order valence-electron chi connectivity index (χ4n) is 3.12. The zero-order valence-corrected chi connectivity index (χ0v) is 19.2. The summed E-state index contributed by atoms with van der Waals surface area (Å²) in [4.78, 5) is 30.5. The number of rotatable bonds is 6. The summed E-state index contributed by atoms with van der Waals surface area (Å²) in [6.07, 6.45) is 0. The lowest BCUT2D eigenvalue weighted by molar-refractivity contribution is -0.123. The van der Waals surface area contributed by atoms with E-state index in [4.69, 9.17) is 32.9 Å². The highest BCUT2D eigenvalue weighted by atomic mass is 35.5. The topological polar surface area (TPSA) is 85.2 Å². The number of benzene rings is 2. The lowest BCUT2D eigenvalue weighted by atomic mass is 10.3. The molecule has 0 bridgehead atoms. The minimum Gasteiger partial charge on any atom is -0.482 e. The molecule has 2 aromatic carbocycles. The van der Waals surface area contributed by atoms with E-state index in [1.54, 1.807) is 18.2 Å². The van der Waals surface area contributed by atoms with Gasteiger partial charge in [0.1, 0.15) is 5.75 Å². The number of nitrogens with zero attached hydrogens (tertiary/aromatic N) is 2. The molecule has 0 fully saturated rings. The van der Waals surface area contributed by atoms with E-state index in [2.05, 4.69) is 15.4 Å². The Bertz CT molecular complexity index is 1300. The molecule has 2 aromatic heterocycles. The normalized spacial score (nSPS) is 10.8. The summed E-state index contributed by atoms with van der Waals surface area (Å²) in [7, 11) is 0. The second-order valence-corrected chi connectivity index (χ2v) is 8.63. The van der Waals surface area contributed by atoms with E-state index in [1.165, 1.54) is 17.4 Å². The molecule has 0 aliphatic heterocycles. The number of hydrogen-bond acceptors (Lipinski definition) is 5. The molecular formula is C22H18Cl2N4O3S. The van der Waals surface area contributed by atoms with Gasteiger partial charge in [-0.25, -0.2) is 4.98 Å². The summed E-state index contributed by atoms with van der Waals surface area (Å²) in [5.74, 6) is 0.154. The Balaban J connectivity index is 1.37. The number of amides is 2. The van der Waals surface area contributed by atoms with Crippen LogP contribution in [0, 0.1) is 0 Å². The minimum atomic E-state index is -0.533. The monoisotopic (exact) mass is 488 g/mol. The molecule has 7 nitrogen and oxygen atoms in total. The van der Waals surface area contributed by atoms with Crippen LogP contribution in [0.25, 0.3) is 21.7 Å². The Morgan fingerprint density at radius 1 is 1.09 bits per heavy atom. The number of ether oxygens (including phenoxy) is 1. The van der Waals surface area contributed by atoms with Crippen LogP contribution in [0.1, 0.15) is 16.6 Å². The van der Waals surface area contributed by atoms with Gasteiger partial charge < -0.3 is 9.30 Å². The van der Waals surface area contributed by atoms with Crippen LogP contribution in [-0.4, -0.2) is 28.0 Å². The third-order valence-electron chi connectivity index (χ3n) is 4.59. The zero-order valence-electron chi connectivity index (χ0n) is 16.9.